The van der Waals surface area contributed by atoms with Gasteiger partial charge in [0.2, 0.25) is 0 Å². The fourth-order valence-electron chi connectivity index (χ4n) is 2.64. The van der Waals surface area contributed by atoms with Crippen molar-refractivity contribution in [3.63, 3.8) is 0 Å². The maximum Gasteiger partial charge on any atom is 0.143 e. The molecule has 118 valence electrons. The lowest BCUT2D eigenvalue weighted by Gasteiger charge is -2.21. The number of pyridine rings is 1. The molecule has 2 aromatic carbocycles. The Hall–Kier alpha value is -3.19. The maximum atomic E-state index is 13.9. The van der Waals surface area contributed by atoms with Crippen LogP contribution >= 0.6 is 0 Å². The summed E-state index contributed by atoms with van der Waals surface area (Å²) in [5, 5.41) is 12.5. The third-order valence-electron chi connectivity index (χ3n) is 3.78. The van der Waals surface area contributed by atoms with Gasteiger partial charge in [0.15, 0.2) is 0 Å². The van der Waals surface area contributed by atoms with Gasteiger partial charge in [-0.1, -0.05) is 42.0 Å². The molecule has 0 aliphatic carbocycles. The number of aryl methyl sites for hydroxylation is 1. The highest BCUT2D eigenvalue weighted by atomic mass is 19.1. The molecule has 1 atom stereocenters. The van der Waals surface area contributed by atoms with Gasteiger partial charge >= 0.3 is 0 Å². The highest BCUT2D eigenvalue weighted by Crippen LogP contribution is 2.28. The molecule has 24 heavy (non-hydrogen) atoms. The van der Waals surface area contributed by atoms with Crippen LogP contribution in [0.5, 0.6) is 0 Å². The largest absolute Gasteiger partial charge is 0.372 e. The van der Waals surface area contributed by atoms with Crippen molar-refractivity contribution in [2.75, 3.05) is 5.32 Å². The average Bonchev–Trinajstić information content (AvgIpc) is 2.60. The first kappa shape index (κ1) is 15.7. The highest BCUT2D eigenvalue weighted by molar-refractivity contribution is 5.60. The molecule has 4 heteroatoms. The van der Waals surface area contributed by atoms with Crippen LogP contribution in [0.4, 0.5) is 10.1 Å². The molecule has 1 heterocycles. The van der Waals surface area contributed by atoms with E-state index in [1.54, 1.807) is 18.3 Å². The SMILES string of the molecule is Cc1cccc(C(Nc2cccc(F)c2C#N)c2ccccn2)c1. The molecule has 3 rings (SSSR count). The Balaban J connectivity index is 2.07. The lowest BCUT2D eigenvalue weighted by atomic mass is 10.00. The smallest absolute Gasteiger partial charge is 0.143 e. The minimum Gasteiger partial charge on any atom is -0.372 e. The number of aromatic nitrogens is 1. The Morgan fingerprint density at radius 2 is 1.92 bits per heavy atom. The monoisotopic (exact) mass is 317 g/mol. The molecule has 1 N–H and O–H groups in total. The molecular formula is C20H16FN3. The van der Waals surface area contributed by atoms with E-state index in [0.717, 1.165) is 16.8 Å². The lowest BCUT2D eigenvalue weighted by molar-refractivity contribution is 0.624. The molecule has 0 aliphatic rings. The van der Waals surface area contributed by atoms with Crippen LogP contribution in [0.15, 0.2) is 66.9 Å². The molecule has 0 radical (unpaired) electrons. The van der Waals surface area contributed by atoms with Gasteiger partial charge in [-0.2, -0.15) is 5.26 Å². The minimum absolute atomic E-state index is 0.00563. The second-order valence-electron chi connectivity index (χ2n) is 5.52. The summed E-state index contributed by atoms with van der Waals surface area (Å²) < 4.78 is 13.9. The summed E-state index contributed by atoms with van der Waals surface area (Å²) in [4.78, 5) is 4.42. The molecule has 0 aliphatic heterocycles. The number of nitrogens with zero attached hydrogens (tertiary/aromatic N) is 2. The Kier molecular flexibility index (Phi) is 4.53. The third-order valence-corrected chi connectivity index (χ3v) is 3.78. The Bertz CT molecular complexity index is 885. The third kappa shape index (κ3) is 3.26. The van der Waals surface area contributed by atoms with Crippen LogP contribution in [0, 0.1) is 24.1 Å². The van der Waals surface area contributed by atoms with E-state index in [0.29, 0.717) is 5.69 Å². The normalized spacial score (nSPS) is 11.5. The first-order chi connectivity index (χ1) is 11.7. The molecule has 0 saturated carbocycles. The summed E-state index contributed by atoms with van der Waals surface area (Å²) in [7, 11) is 0. The Labute approximate surface area is 140 Å². The van der Waals surface area contributed by atoms with Gasteiger partial charge < -0.3 is 5.32 Å². The molecule has 3 aromatic rings. The number of hydrogen-bond donors (Lipinski definition) is 1. The summed E-state index contributed by atoms with van der Waals surface area (Å²) in [6, 6.07) is 19.9. The van der Waals surface area contributed by atoms with Crippen molar-refractivity contribution in [1.82, 2.24) is 4.98 Å². The molecular weight excluding hydrogens is 301 g/mol. The number of nitriles is 1. The summed E-state index contributed by atoms with van der Waals surface area (Å²) in [5.41, 5.74) is 3.38. The minimum atomic E-state index is -0.536. The standard InChI is InChI=1S/C20H16FN3/c1-14-6-4-7-15(12-14)20(19-9-2-3-11-23-19)24-18-10-5-8-17(21)16(18)13-22/h2-12,20,24H,1H3. The number of rotatable bonds is 4. The average molecular weight is 317 g/mol. The molecule has 0 amide bonds. The maximum absolute atomic E-state index is 13.9. The van der Waals surface area contributed by atoms with Crippen molar-refractivity contribution in [1.29, 1.82) is 5.26 Å². The van der Waals surface area contributed by atoms with Gasteiger partial charge in [-0.05, 0) is 36.8 Å². The van der Waals surface area contributed by atoms with Gasteiger partial charge in [0.25, 0.3) is 0 Å². The molecule has 1 unspecified atom stereocenters. The number of anilines is 1. The fourth-order valence-corrected chi connectivity index (χ4v) is 2.64. The fraction of sp³-hybridized carbons (Fsp3) is 0.100. The first-order valence-corrected chi connectivity index (χ1v) is 7.61. The number of halogens is 1. The van der Waals surface area contributed by atoms with Crippen molar-refractivity contribution in [2.24, 2.45) is 0 Å². The van der Waals surface area contributed by atoms with Crippen molar-refractivity contribution in [3.05, 3.63) is 95.1 Å². The van der Waals surface area contributed by atoms with E-state index in [4.69, 9.17) is 0 Å². The van der Waals surface area contributed by atoms with E-state index < -0.39 is 5.82 Å². The summed E-state index contributed by atoms with van der Waals surface area (Å²) in [6.07, 6.45) is 1.72. The van der Waals surface area contributed by atoms with Gasteiger partial charge in [0.05, 0.1) is 17.4 Å². The topological polar surface area (TPSA) is 48.7 Å². The number of hydrogen-bond acceptors (Lipinski definition) is 3. The van der Waals surface area contributed by atoms with Crippen molar-refractivity contribution in [3.8, 4) is 6.07 Å². The molecule has 0 spiro atoms. The van der Waals surface area contributed by atoms with Crippen LogP contribution in [0.1, 0.15) is 28.4 Å². The Morgan fingerprint density at radius 1 is 1.08 bits per heavy atom. The molecule has 0 bridgehead atoms. The lowest BCUT2D eigenvalue weighted by Crippen LogP contribution is -2.15. The quantitative estimate of drug-likeness (QED) is 0.765. The molecule has 3 nitrogen and oxygen atoms in total. The van der Waals surface area contributed by atoms with Crippen LogP contribution in [-0.2, 0) is 0 Å². The van der Waals surface area contributed by atoms with E-state index in [9.17, 15) is 9.65 Å². The van der Waals surface area contributed by atoms with E-state index >= 15 is 0 Å². The first-order valence-electron chi connectivity index (χ1n) is 7.61. The van der Waals surface area contributed by atoms with Crippen molar-refractivity contribution < 1.29 is 4.39 Å². The van der Waals surface area contributed by atoms with E-state index in [2.05, 4.69) is 16.4 Å². The second-order valence-corrected chi connectivity index (χ2v) is 5.52. The van der Waals surface area contributed by atoms with E-state index in [-0.39, 0.29) is 11.6 Å². The zero-order valence-corrected chi connectivity index (χ0v) is 13.2. The van der Waals surface area contributed by atoms with Crippen LogP contribution in [-0.4, -0.2) is 4.98 Å². The van der Waals surface area contributed by atoms with Gasteiger partial charge in [0, 0.05) is 6.20 Å². The van der Waals surface area contributed by atoms with E-state index in [1.807, 2.05) is 49.4 Å². The number of benzene rings is 2. The second kappa shape index (κ2) is 6.93. The van der Waals surface area contributed by atoms with Gasteiger partial charge in [-0.15, -0.1) is 0 Å². The highest BCUT2D eigenvalue weighted by Gasteiger charge is 2.18. The van der Waals surface area contributed by atoms with Gasteiger partial charge in [0.1, 0.15) is 17.4 Å². The Morgan fingerprint density at radius 3 is 2.62 bits per heavy atom. The summed E-state index contributed by atoms with van der Waals surface area (Å²) in [5.74, 6) is -0.536. The van der Waals surface area contributed by atoms with E-state index in [1.165, 1.54) is 6.07 Å². The van der Waals surface area contributed by atoms with Crippen molar-refractivity contribution >= 4 is 5.69 Å². The predicted octanol–water partition coefficient (Wildman–Crippen LogP) is 4.60. The molecule has 0 fully saturated rings. The number of nitrogens with one attached hydrogen (secondary N) is 1. The van der Waals surface area contributed by atoms with Crippen LogP contribution in [0.3, 0.4) is 0 Å². The summed E-state index contributed by atoms with van der Waals surface area (Å²) in [6.45, 7) is 2.02. The van der Waals surface area contributed by atoms with Gasteiger partial charge in [-0.25, -0.2) is 4.39 Å². The van der Waals surface area contributed by atoms with Crippen LogP contribution in [0.25, 0.3) is 0 Å². The van der Waals surface area contributed by atoms with Crippen LogP contribution < -0.4 is 5.32 Å². The zero-order valence-electron chi connectivity index (χ0n) is 13.2. The zero-order chi connectivity index (χ0) is 16.9. The molecule has 0 saturated heterocycles. The predicted molar refractivity (Wildman–Crippen MR) is 92.0 cm³/mol. The van der Waals surface area contributed by atoms with Crippen LogP contribution in [0.2, 0.25) is 0 Å². The van der Waals surface area contributed by atoms with Gasteiger partial charge in [-0.3, -0.25) is 4.98 Å². The molecule has 1 aromatic heterocycles. The summed E-state index contributed by atoms with van der Waals surface area (Å²) >= 11 is 0. The van der Waals surface area contributed by atoms with Crippen molar-refractivity contribution in [2.45, 2.75) is 13.0 Å².